The number of amides is 1. The van der Waals surface area contributed by atoms with Gasteiger partial charge in [-0.2, -0.15) is 11.8 Å². The molecule has 17 heavy (non-hydrogen) atoms. The maximum atomic E-state index is 12.1. The van der Waals surface area contributed by atoms with Crippen LogP contribution in [0.15, 0.2) is 0 Å². The van der Waals surface area contributed by atoms with Crippen molar-refractivity contribution in [3.8, 4) is 0 Å². The van der Waals surface area contributed by atoms with Gasteiger partial charge in [0.1, 0.15) is 0 Å². The molecule has 0 bridgehead atoms. The summed E-state index contributed by atoms with van der Waals surface area (Å²) in [6, 6.07) is 0.482. The van der Waals surface area contributed by atoms with E-state index in [4.69, 9.17) is 0 Å². The lowest BCUT2D eigenvalue weighted by Gasteiger charge is -2.31. The number of hydrogen-bond donors (Lipinski definition) is 2. The fourth-order valence-corrected chi connectivity index (χ4v) is 3.69. The number of carbonyl (C=O) groups is 1. The summed E-state index contributed by atoms with van der Waals surface area (Å²) in [6.45, 7) is 0.996. The monoisotopic (exact) mass is 256 g/mol. The lowest BCUT2D eigenvalue weighted by atomic mass is 9.94. The molecule has 2 N–H and O–H groups in total. The largest absolute Gasteiger partial charge is 0.352 e. The molecule has 1 aliphatic heterocycles. The molecule has 0 aromatic heterocycles. The molecule has 3 atom stereocenters. The van der Waals surface area contributed by atoms with Crippen LogP contribution in [0.4, 0.5) is 0 Å². The summed E-state index contributed by atoms with van der Waals surface area (Å²) in [7, 11) is 0. The molecule has 4 heteroatoms. The fraction of sp³-hybridized carbons (Fsp3) is 0.923. The topological polar surface area (TPSA) is 41.1 Å². The third-order valence-corrected chi connectivity index (χ3v) is 5.03. The molecule has 1 heterocycles. The summed E-state index contributed by atoms with van der Waals surface area (Å²) in [4.78, 5) is 12.1. The maximum absolute atomic E-state index is 12.1. The molecule has 1 aliphatic carbocycles. The summed E-state index contributed by atoms with van der Waals surface area (Å²) in [5.41, 5.74) is 0. The van der Waals surface area contributed by atoms with Crippen LogP contribution in [-0.4, -0.2) is 36.0 Å². The summed E-state index contributed by atoms with van der Waals surface area (Å²) >= 11 is 1.95. The Morgan fingerprint density at radius 1 is 1.24 bits per heavy atom. The molecule has 2 rings (SSSR count). The Morgan fingerprint density at radius 3 is 2.82 bits per heavy atom. The van der Waals surface area contributed by atoms with Crippen molar-refractivity contribution >= 4 is 17.7 Å². The van der Waals surface area contributed by atoms with Crippen LogP contribution in [0.5, 0.6) is 0 Å². The van der Waals surface area contributed by atoms with Gasteiger partial charge >= 0.3 is 0 Å². The Bertz CT molecular complexity index is 254. The highest BCUT2D eigenvalue weighted by Crippen LogP contribution is 2.27. The third-order valence-electron chi connectivity index (χ3n) is 3.93. The Hall–Kier alpha value is -0.220. The SMILES string of the molecule is CSC1CCCC(NC(=O)C2CCCCN2)C1. The van der Waals surface area contributed by atoms with Crippen LogP contribution >= 0.6 is 11.8 Å². The van der Waals surface area contributed by atoms with E-state index in [2.05, 4.69) is 16.9 Å². The maximum Gasteiger partial charge on any atom is 0.237 e. The molecule has 1 saturated heterocycles. The molecular weight excluding hydrogens is 232 g/mol. The second-order valence-corrected chi connectivity index (χ2v) is 6.37. The van der Waals surface area contributed by atoms with Crippen molar-refractivity contribution in [2.75, 3.05) is 12.8 Å². The first-order valence-electron chi connectivity index (χ1n) is 6.86. The predicted molar refractivity (Wildman–Crippen MR) is 73.3 cm³/mol. The van der Waals surface area contributed by atoms with Crippen LogP contribution in [0.1, 0.15) is 44.9 Å². The van der Waals surface area contributed by atoms with E-state index in [1.807, 2.05) is 11.8 Å². The van der Waals surface area contributed by atoms with Crippen molar-refractivity contribution in [2.24, 2.45) is 0 Å². The molecule has 2 fully saturated rings. The molecule has 98 valence electrons. The van der Waals surface area contributed by atoms with Gasteiger partial charge in [-0.3, -0.25) is 4.79 Å². The van der Waals surface area contributed by atoms with Gasteiger partial charge in [-0.15, -0.1) is 0 Å². The Labute approximate surface area is 108 Å². The van der Waals surface area contributed by atoms with Gasteiger partial charge in [0.2, 0.25) is 5.91 Å². The molecule has 0 aromatic rings. The van der Waals surface area contributed by atoms with Gasteiger partial charge in [0, 0.05) is 11.3 Å². The predicted octanol–water partition coefficient (Wildman–Crippen LogP) is 1.92. The average molecular weight is 256 g/mol. The molecule has 3 unspecified atom stereocenters. The van der Waals surface area contributed by atoms with E-state index in [9.17, 15) is 4.79 Å². The minimum atomic E-state index is 0.0680. The van der Waals surface area contributed by atoms with E-state index in [1.165, 1.54) is 25.7 Å². The molecule has 1 amide bonds. The normalized spacial score (nSPS) is 34.3. The van der Waals surface area contributed by atoms with Gasteiger partial charge in [0.15, 0.2) is 0 Å². The van der Waals surface area contributed by atoms with Crippen LogP contribution in [-0.2, 0) is 4.79 Å². The van der Waals surface area contributed by atoms with Gasteiger partial charge in [0.05, 0.1) is 6.04 Å². The first-order valence-corrected chi connectivity index (χ1v) is 8.15. The molecule has 2 aliphatic rings. The van der Waals surface area contributed by atoms with Crippen molar-refractivity contribution in [1.29, 1.82) is 0 Å². The van der Waals surface area contributed by atoms with E-state index >= 15 is 0 Å². The summed E-state index contributed by atoms with van der Waals surface area (Å²) in [6.07, 6.45) is 10.5. The lowest BCUT2D eigenvalue weighted by molar-refractivity contribution is -0.124. The van der Waals surface area contributed by atoms with Crippen molar-refractivity contribution in [2.45, 2.75) is 62.3 Å². The third kappa shape index (κ3) is 3.88. The van der Waals surface area contributed by atoms with Gasteiger partial charge < -0.3 is 10.6 Å². The molecule has 3 nitrogen and oxygen atoms in total. The van der Waals surface area contributed by atoms with Crippen molar-refractivity contribution < 1.29 is 4.79 Å². The van der Waals surface area contributed by atoms with E-state index in [1.54, 1.807) is 0 Å². The highest BCUT2D eigenvalue weighted by Gasteiger charge is 2.26. The Balaban J connectivity index is 1.77. The van der Waals surface area contributed by atoms with E-state index in [0.29, 0.717) is 6.04 Å². The highest BCUT2D eigenvalue weighted by atomic mass is 32.2. The van der Waals surface area contributed by atoms with E-state index in [0.717, 1.165) is 31.1 Å². The number of nitrogens with one attached hydrogen (secondary N) is 2. The number of piperidine rings is 1. The van der Waals surface area contributed by atoms with Crippen LogP contribution in [0.2, 0.25) is 0 Å². The average Bonchev–Trinajstić information content (AvgIpc) is 2.40. The number of rotatable bonds is 3. The number of thioether (sulfide) groups is 1. The zero-order valence-electron chi connectivity index (χ0n) is 10.7. The summed E-state index contributed by atoms with van der Waals surface area (Å²) < 4.78 is 0. The smallest absolute Gasteiger partial charge is 0.237 e. The van der Waals surface area contributed by atoms with Crippen molar-refractivity contribution in [3.63, 3.8) is 0 Å². The number of hydrogen-bond acceptors (Lipinski definition) is 3. The second-order valence-electron chi connectivity index (χ2n) is 5.23. The fourth-order valence-electron chi connectivity index (χ4n) is 2.87. The first kappa shape index (κ1) is 13.2. The minimum absolute atomic E-state index is 0.0680. The molecular formula is C13H24N2OS. The molecule has 1 saturated carbocycles. The quantitative estimate of drug-likeness (QED) is 0.810. The summed E-state index contributed by atoms with van der Waals surface area (Å²) in [5.74, 6) is 0.233. The zero-order valence-corrected chi connectivity index (χ0v) is 11.5. The second kappa shape index (κ2) is 6.64. The summed E-state index contributed by atoms with van der Waals surface area (Å²) in [5, 5.41) is 7.30. The van der Waals surface area contributed by atoms with Gasteiger partial charge in [-0.25, -0.2) is 0 Å². The van der Waals surface area contributed by atoms with Crippen molar-refractivity contribution in [3.05, 3.63) is 0 Å². The van der Waals surface area contributed by atoms with Crippen LogP contribution in [0.25, 0.3) is 0 Å². The highest BCUT2D eigenvalue weighted by molar-refractivity contribution is 7.99. The zero-order chi connectivity index (χ0) is 12.1. The van der Waals surface area contributed by atoms with Crippen LogP contribution in [0, 0.1) is 0 Å². The Morgan fingerprint density at radius 2 is 2.12 bits per heavy atom. The number of carbonyl (C=O) groups excluding carboxylic acids is 1. The standard InChI is InChI=1S/C13H24N2OS/c1-17-11-6-4-5-10(9-11)15-13(16)12-7-2-3-8-14-12/h10-12,14H,2-9H2,1H3,(H,15,16). The van der Waals surface area contributed by atoms with Gasteiger partial charge in [0.25, 0.3) is 0 Å². The molecule has 0 aromatic carbocycles. The van der Waals surface area contributed by atoms with Crippen LogP contribution < -0.4 is 10.6 Å². The molecule has 0 radical (unpaired) electrons. The Kier molecular flexibility index (Phi) is 5.16. The lowest BCUT2D eigenvalue weighted by Crippen LogP contribution is -2.50. The minimum Gasteiger partial charge on any atom is -0.352 e. The van der Waals surface area contributed by atoms with Crippen LogP contribution in [0.3, 0.4) is 0 Å². The first-order chi connectivity index (χ1) is 8.29. The van der Waals surface area contributed by atoms with E-state index < -0.39 is 0 Å². The van der Waals surface area contributed by atoms with E-state index in [-0.39, 0.29) is 11.9 Å². The van der Waals surface area contributed by atoms with Gasteiger partial charge in [-0.1, -0.05) is 12.8 Å². The molecule has 0 spiro atoms. The van der Waals surface area contributed by atoms with Crippen molar-refractivity contribution in [1.82, 2.24) is 10.6 Å². The van der Waals surface area contributed by atoms with Gasteiger partial charge in [-0.05, 0) is 44.9 Å².